The molecule has 2 unspecified atom stereocenters. The third-order valence-electron chi connectivity index (χ3n) is 11.4. The summed E-state index contributed by atoms with van der Waals surface area (Å²) in [6, 6.07) is 15.5. The van der Waals surface area contributed by atoms with E-state index in [1.165, 1.54) is 11.0 Å². The van der Waals surface area contributed by atoms with Crippen LogP contribution in [-0.4, -0.2) is 95.4 Å². The third-order valence-corrected chi connectivity index (χ3v) is 11.9. The van der Waals surface area contributed by atoms with Gasteiger partial charge in [-0.25, -0.2) is 0 Å². The van der Waals surface area contributed by atoms with Gasteiger partial charge in [0.1, 0.15) is 23.9 Å². The molecule has 0 aliphatic carbocycles. The van der Waals surface area contributed by atoms with Crippen molar-refractivity contribution in [2.24, 2.45) is 0 Å². The molecule has 3 aliphatic rings. The number of ether oxygens (including phenoxy) is 1. The largest absolute Gasteiger partial charge is 0.492 e. The topological polar surface area (TPSA) is 150 Å². The number of piperazine rings is 1. The third kappa shape index (κ3) is 9.35. The molecule has 17 heteroatoms. The number of thiol groups is 1. The zero-order chi connectivity index (χ0) is 43.7. The molecule has 13 nitrogen and oxygen atoms in total. The Balaban J connectivity index is 1.05. The highest BCUT2D eigenvalue weighted by atomic mass is 32.1. The Kier molecular flexibility index (Phi) is 13.1. The van der Waals surface area contributed by atoms with Crippen LogP contribution in [0.5, 0.6) is 5.75 Å². The van der Waals surface area contributed by atoms with Crippen molar-refractivity contribution in [2.75, 3.05) is 53.2 Å². The molecule has 0 spiro atoms. The zero-order valence-electron chi connectivity index (χ0n) is 34.5. The maximum atomic E-state index is 13.9. The minimum Gasteiger partial charge on any atom is -0.492 e. The van der Waals surface area contributed by atoms with Gasteiger partial charge in [0.2, 0.25) is 17.7 Å². The van der Waals surface area contributed by atoms with Crippen molar-refractivity contribution in [1.29, 1.82) is 5.26 Å². The highest BCUT2D eigenvalue weighted by Gasteiger charge is 2.52. The van der Waals surface area contributed by atoms with Crippen LogP contribution in [0.2, 0.25) is 0 Å². The molecule has 0 bridgehead atoms. The number of carbonyl (C=O) groups excluding carboxylic acids is 4. The summed E-state index contributed by atoms with van der Waals surface area (Å²) < 4.78 is 47.9. The van der Waals surface area contributed by atoms with Gasteiger partial charge in [-0.1, -0.05) is 13.0 Å². The second-order valence-corrected chi connectivity index (χ2v) is 16.6. The molecule has 3 aromatic carbocycles. The number of nitrogens with one attached hydrogen (secondary N) is 3. The van der Waals surface area contributed by atoms with E-state index in [4.69, 9.17) is 17.4 Å². The number of nitrogens with zero attached hydrogens (tertiary/aromatic N) is 5. The number of benzene rings is 3. The first-order valence-corrected chi connectivity index (χ1v) is 20.5. The first-order chi connectivity index (χ1) is 28.3. The van der Waals surface area contributed by atoms with E-state index in [0.717, 1.165) is 36.3 Å². The standard InChI is InChI=1S/C43H51F3N8O5S/c1-7-28-18-35(54-41(60)53(40(58)42(54,5)6)32-12-11-29(21-47)33(20-32)43(44,45)46)25(2)17-36(28)59-16-15-51-22-26(3)52(27(4)23-51)24-38(56)49-31-10-8-9-30(19-31)48-34-13-14-37(55)50-39(34)57/h8-12,17-20,26-27,34,41,48,60H,7,13-16,22-24H2,1-6H3,(H,49,56)(H,50,55,57)/t26-,27+,34?,41?. The molecule has 0 radical (unpaired) electrons. The van der Waals surface area contributed by atoms with Crippen molar-refractivity contribution >= 4 is 59.0 Å². The average Bonchev–Trinajstić information content (AvgIpc) is 3.35. The van der Waals surface area contributed by atoms with Crippen LogP contribution in [0, 0.1) is 18.3 Å². The maximum absolute atomic E-state index is 13.9. The summed E-state index contributed by atoms with van der Waals surface area (Å²) in [5.74, 6) is -0.544. The number of nitriles is 1. The second kappa shape index (κ2) is 17.7. The summed E-state index contributed by atoms with van der Waals surface area (Å²) >= 11 is 4.78. The van der Waals surface area contributed by atoms with Crippen LogP contribution in [0.25, 0.3) is 0 Å². The molecule has 6 rings (SSSR count). The second-order valence-electron chi connectivity index (χ2n) is 16.1. The molecule has 0 aromatic heterocycles. The number of hydrogen-bond acceptors (Lipinski definition) is 11. The van der Waals surface area contributed by atoms with E-state index < -0.39 is 40.3 Å². The predicted octanol–water partition coefficient (Wildman–Crippen LogP) is 5.92. The fraction of sp³-hybridized carbons (Fsp3) is 0.465. The monoisotopic (exact) mass is 848 g/mol. The number of anilines is 4. The van der Waals surface area contributed by atoms with E-state index >= 15 is 0 Å². The Morgan fingerprint density at radius 1 is 1.05 bits per heavy atom. The van der Waals surface area contributed by atoms with Crippen LogP contribution in [0.1, 0.15) is 69.7 Å². The number of halogens is 3. The number of piperidine rings is 1. The van der Waals surface area contributed by atoms with Crippen molar-refractivity contribution in [3.63, 3.8) is 0 Å². The van der Waals surface area contributed by atoms with Crippen molar-refractivity contribution < 1.29 is 37.1 Å². The molecule has 3 aliphatic heterocycles. The van der Waals surface area contributed by atoms with Crippen LogP contribution < -0.4 is 30.5 Å². The molecule has 320 valence electrons. The molecule has 3 fully saturated rings. The normalized spacial score (nSPS) is 22.4. The van der Waals surface area contributed by atoms with E-state index in [0.29, 0.717) is 48.8 Å². The van der Waals surface area contributed by atoms with Gasteiger partial charge in [-0.15, -0.1) is 12.6 Å². The van der Waals surface area contributed by atoms with E-state index in [9.17, 15) is 37.6 Å². The molecule has 3 aromatic rings. The molecular formula is C43H51F3N8O5S. The summed E-state index contributed by atoms with van der Waals surface area (Å²) in [6.45, 7) is 14.2. The Labute approximate surface area is 353 Å². The summed E-state index contributed by atoms with van der Waals surface area (Å²) in [5.41, 5.74) is -0.114. The lowest BCUT2D eigenvalue weighted by molar-refractivity contribution is -0.138. The van der Waals surface area contributed by atoms with Gasteiger partial charge in [-0.2, -0.15) is 18.4 Å². The smallest absolute Gasteiger partial charge is 0.417 e. The van der Waals surface area contributed by atoms with Crippen LogP contribution in [-0.2, 0) is 31.8 Å². The van der Waals surface area contributed by atoms with Gasteiger partial charge in [-0.05, 0) is 107 Å². The summed E-state index contributed by atoms with van der Waals surface area (Å²) in [4.78, 5) is 58.3. The molecule has 3 N–H and O–H groups in total. The van der Waals surface area contributed by atoms with Crippen LogP contribution >= 0.6 is 12.6 Å². The van der Waals surface area contributed by atoms with Crippen LogP contribution in [0.3, 0.4) is 0 Å². The lowest BCUT2D eigenvalue weighted by Crippen LogP contribution is -2.58. The Morgan fingerprint density at radius 2 is 1.75 bits per heavy atom. The van der Waals surface area contributed by atoms with Crippen LogP contribution in [0.15, 0.2) is 54.6 Å². The summed E-state index contributed by atoms with van der Waals surface area (Å²) in [6.07, 6.45) is -3.51. The highest BCUT2D eigenvalue weighted by Crippen LogP contribution is 2.44. The molecule has 3 saturated heterocycles. The minimum atomic E-state index is -4.78. The fourth-order valence-corrected chi connectivity index (χ4v) is 8.96. The number of alkyl halides is 3. The Bertz CT molecular complexity index is 2180. The van der Waals surface area contributed by atoms with Crippen molar-refractivity contribution in [1.82, 2.24) is 15.1 Å². The SMILES string of the molecule is CCc1cc(N2C(S)N(c3ccc(C#N)c(C(F)(F)F)c3)C(=O)C2(C)C)c(C)cc1OCCN1C[C@@H](C)N(CC(=O)Nc2cccc(NC3CCC(=O)NC3=O)c2)[C@@H](C)C1. The number of carbonyl (C=O) groups is 4. The quantitative estimate of drug-likeness (QED) is 0.128. The number of hydrogen-bond donors (Lipinski definition) is 4. The van der Waals surface area contributed by atoms with Crippen LogP contribution in [0.4, 0.5) is 35.9 Å². The molecule has 4 amide bonds. The van der Waals surface area contributed by atoms with Gasteiger partial charge in [0.05, 0.1) is 23.7 Å². The van der Waals surface area contributed by atoms with E-state index in [2.05, 4.69) is 39.6 Å². The van der Waals surface area contributed by atoms with Gasteiger partial charge in [-0.3, -0.25) is 39.2 Å². The molecule has 4 atom stereocenters. The van der Waals surface area contributed by atoms with Gasteiger partial charge in [0.15, 0.2) is 5.50 Å². The predicted molar refractivity (Wildman–Crippen MR) is 226 cm³/mol. The average molecular weight is 849 g/mol. The molecule has 60 heavy (non-hydrogen) atoms. The Morgan fingerprint density at radius 3 is 2.40 bits per heavy atom. The molecule has 3 heterocycles. The number of rotatable bonds is 12. The fourth-order valence-electron chi connectivity index (χ4n) is 8.31. The first kappa shape index (κ1) is 44.2. The molecule has 0 saturated carbocycles. The lowest BCUT2D eigenvalue weighted by Gasteiger charge is -2.44. The van der Waals surface area contributed by atoms with Crippen molar-refractivity contribution in [3.8, 4) is 11.8 Å². The van der Waals surface area contributed by atoms with Gasteiger partial charge >= 0.3 is 6.18 Å². The zero-order valence-corrected chi connectivity index (χ0v) is 35.4. The van der Waals surface area contributed by atoms with E-state index in [-0.39, 0.29) is 48.5 Å². The maximum Gasteiger partial charge on any atom is 0.417 e. The highest BCUT2D eigenvalue weighted by molar-refractivity contribution is 7.81. The number of imide groups is 1. The summed E-state index contributed by atoms with van der Waals surface area (Å²) in [7, 11) is 0. The number of aryl methyl sites for hydroxylation is 2. The lowest BCUT2D eigenvalue weighted by atomic mass is 9.99. The van der Waals surface area contributed by atoms with Crippen molar-refractivity contribution in [3.05, 3.63) is 76.9 Å². The minimum absolute atomic E-state index is 0.00757. The molecular weight excluding hydrogens is 798 g/mol. The first-order valence-electron chi connectivity index (χ1n) is 20.0. The van der Waals surface area contributed by atoms with E-state index in [1.807, 2.05) is 26.0 Å². The Hall–Kier alpha value is -5.31. The van der Waals surface area contributed by atoms with Gasteiger partial charge in [0.25, 0.3) is 5.91 Å². The van der Waals surface area contributed by atoms with E-state index in [1.54, 1.807) is 49.1 Å². The van der Waals surface area contributed by atoms with Gasteiger partial charge < -0.3 is 20.3 Å². The summed E-state index contributed by atoms with van der Waals surface area (Å²) in [5, 5.41) is 17.7. The number of amides is 4. The van der Waals surface area contributed by atoms with Gasteiger partial charge in [0, 0.05) is 60.9 Å². The van der Waals surface area contributed by atoms with Crippen molar-refractivity contribution in [2.45, 2.75) is 96.1 Å².